The highest BCUT2D eigenvalue weighted by molar-refractivity contribution is 7.21. The van der Waals surface area contributed by atoms with E-state index in [-0.39, 0.29) is 31.1 Å². The summed E-state index contributed by atoms with van der Waals surface area (Å²) in [6, 6.07) is 3.58. The first-order valence-corrected chi connectivity index (χ1v) is 10.5. The lowest BCUT2D eigenvalue weighted by Crippen LogP contribution is -2.56. The van der Waals surface area contributed by atoms with E-state index in [1.54, 1.807) is 11.0 Å². The van der Waals surface area contributed by atoms with Gasteiger partial charge in [-0.3, -0.25) is 4.79 Å². The van der Waals surface area contributed by atoms with Gasteiger partial charge in [-0.1, -0.05) is 11.3 Å². The number of carbonyl (C=O) groups is 1. The lowest BCUT2D eigenvalue weighted by Gasteiger charge is -2.38. The van der Waals surface area contributed by atoms with Crippen LogP contribution in [0.1, 0.15) is 26.7 Å². The van der Waals surface area contributed by atoms with Gasteiger partial charge in [-0.2, -0.15) is 0 Å². The van der Waals surface area contributed by atoms with Crippen molar-refractivity contribution in [2.75, 3.05) is 31.2 Å². The smallest absolute Gasteiger partial charge is 0.282 e. The standard InChI is InChI=1S/C19H24F2N4O3S/c1-11(22-12(2)26)7-27-14-5-13(6-14)8-28-16-4-3-15-17(24-16)29-18(23-15)25-9-19(20,21)10-25/h3-4,11,13-14H,5-10H2,1-2H3,(H,22,26)/t11-,13?,14?/m0/s1. The van der Waals surface area contributed by atoms with Crippen LogP contribution in [0.2, 0.25) is 0 Å². The minimum Gasteiger partial charge on any atom is -0.477 e. The third kappa shape index (κ3) is 4.92. The number of thiazole rings is 1. The second-order valence-corrected chi connectivity index (χ2v) is 8.84. The molecular weight excluding hydrogens is 402 g/mol. The maximum Gasteiger partial charge on any atom is 0.282 e. The summed E-state index contributed by atoms with van der Waals surface area (Å²) in [5.74, 6) is -1.74. The van der Waals surface area contributed by atoms with Crippen molar-refractivity contribution in [3.05, 3.63) is 12.1 Å². The number of halogens is 2. The zero-order valence-corrected chi connectivity index (χ0v) is 17.2. The first-order chi connectivity index (χ1) is 13.8. The number of rotatable bonds is 8. The molecule has 0 bridgehead atoms. The molecule has 2 aliphatic rings. The maximum atomic E-state index is 13.0. The number of pyridine rings is 1. The van der Waals surface area contributed by atoms with Gasteiger partial charge in [0.15, 0.2) is 5.13 Å². The van der Waals surface area contributed by atoms with Crippen molar-refractivity contribution in [1.29, 1.82) is 0 Å². The fourth-order valence-electron chi connectivity index (χ4n) is 3.47. The van der Waals surface area contributed by atoms with E-state index in [2.05, 4.69) is 15.3 Å². The number of nitrogens with zero attached hydrogens (tertiary/aromatic N) is 3. The molecule has 1 atom stereocenters. The highest BCUT2D eigenvalue weighted by Crippen LogP contribution is 2.36. The van der Waals surface area contributed by atoms with E-state index < -0.39 is 5.92 Å². The van der Waals surface area contributed by atoms with Crippen LogP contribution in [0.25, 0.3) is 10.3 Å². The van der Waals surface area contributed by atoms with Crippen molar-refractivity contribution in [2.45, 2.75) is 44.8 Å². The third-order valence-electron chi connectivity index (χ3n) is 5.02. The molecule has 0 radical (unpaired) electrons. The predicted molar refractivity (Wildman–Crippen MR) is 106 cm³/mol. The Morgan fingerprint density at radius 3 is 2.83 bits per heavy atom. The SMILES string of the molecule is CC(=O)N[C@@H](C)COC1CC(COc2ccc3nc(N4CC(F)(F)C4)sc3n2)C1. The van der Waals surface area contributed by atoms with Gasteiger partial charge >= 0.3 is 0 Å². The summed E-state index contributed by atoms with van der Waals surface area (Å²) in [6.45, 7) is 3.90. The number of aromatic nitrogens is 2. The summed E-state index contributed by atoms with van der Waals surface area (Å²) in [4.78, 5) is 22.1. The molecule has 10 heteroatoms. The molecule has 0 spiro atoms. The van der Waals surface area contributed by atoms with E-state index >= 15 is 0 Å². The van der Waals surface area contributed by atoms with Crippen molar-refractivity contribution in [3.63, 3.8) is 0 Å². The van der Waals surface area contributed by atoms with E-state index in [9.17, 15) is 13.6 Å². The van der Waals surface area contributed by atoms with Gasteiger partial charge in [0.25, 0.3) is 5.92 Å². The van der Waals surface area contributed by atoms with Crippen LogP contribution >= 0.6 is 11.3 Å². The average molecular weight is 426 g/mol. The van der Waals surface area contributed by atoms with E-state index in [4.69, 9.17) is 9.47 Å². The Kier molecular flexibility index (Phi) is 5.56. The largest absolute Gasteiger partial charge is 0.477 e. The molecule has 1 aliphatic heterocycles. The summed E-state index contributed by atoms with van der Waals surface area (Å²) < 4.78 is 37.7. The molecule has 158 valence electrons. The number of hydrogen-bond acceptors (Lipinski definition) is 7. The number of nitrogens with one attached hydrogen (secondary N) is 1. The van der Waals surface area contributed by atoms with Gasteiger partial charge in [0.1, 0.15) is 10.3 Å². The highest BCUT2D eigenvalue weighted by atomic mass is 32.1. The molecule has 0 aromatic carbocycles. The second kappa shape index (κ2) is 7.98. The minimum atomic E-state index is -2.62. The monoisotopic (exact) mass is 426 g/mol. The normalized spacial score (nSPS) is 23.9. The number of ether oxygens (including phenoxy) is 2. The molecule has 4 rings (SSSR count). The van der Waals surface area contributed by atoms with E-state index in [1.165, 1.54) is 18.3 Å². The lowest BCUT2D eigenvalue weighted by atomic mass is 9.83. The Morgan fingerprint density at radius 2 is 2.14 bits per heavy atom. The topological polar surface area (TPSA) is 76.6 Å². The molecule has 2 fully saturated rings. The van der Waals surface area contributed by atoms with Crippen LogP contribution in [-0.4, -0.2) is 60.2 Å². The van der Waals surface area contributed by atoms with Crippen molar-refractivity contribution in [3.8, 4) is 5.88 Å². The van der Waals surface area contributed by atoms with Crippen molar-refractivity contribution < 1.29 is 23.0 Å². The number of carbonyl (C=O) groups excluding carboxylic acids is 1. The van der Waals surface area contributed by atoms with Gasteiger partial charge in [0.2, 0.25) is 11.8 Å². The van der Waals surface area contributed by atoms with Crippen LogP contribution in [-0.2, 0) is 9.53 Å². The van der Waals surface area contributed by atoms with Crippen LogP contribution in [0.4, 0.5) is 13.9 Å². The fraction of sp³-hybridized carbons (Fsp3) is 0.632. The second-order valence-electron chi connectivity index (χ2n) is 7.89. The Hall–Kier alpha value is -2.07. The molecule has 1 amide bonds. The van der Waals surface area contributed by atoms with E-state index in [0.29, 0.717) is 40.5 Å². The van der Waals surface area contributed by atoms with Crippen molar-refractivity contribution in [1.82, 2.24) is 15.3 Å². The molecule has 1 saturated heterocycles. The molecule has 29 heavy (non-hydrogen) atoms. The molecular formula is C19H24F2N4O3S. The van der Waals surface area contributed by atoms with Gasteiger partial charge in [0, 0.05) is 19.0 Å². The van der Waals surface area contributed by atoms with Crippen LogP contribution in [0.3, 0.4) is 0 Å². The van der Waals surface area contributed by atoms with Crippen molar-refractivity contribution in [2.24, 2.45) is 5.92 Å². The molecule has 3 heterocycles. The summed E-state index contributed by atoms with van der Waals surface area (Å²) in [5, 5.41) is 3.37. The third-order valence-corrected chi connectivity index (χ3v) is 6.05. The first-order valence-electron chi connectivity index (χ1n) is 9.69. The minimum absolute atomic E-state index is 0.00511. The Morgan fingerprint density at radius 1 is 1.38 bits per heavy atom. The van der Waals surface area contributed by atoms with E-state index in [0.717, 1.165) is 12.8 Å². The Balaban J connectivity index is 1.21. The maximum absolute atomic E-state index is 13.0. The van der Waals surface area contributed by atoms with Crippen LogP contribution < -0.4 is 15.0 Å². The summed E-state index contributed by atoms with van der Waals surface area (Å²) in [5.41, 5.74) is 0.693. The number of amides is 1. The first kappa shape index (κ1) is 20.2. The van der Waals surface area contributed by atoms with Crippen LogP contribution in [0, 0.1) is 5.92 Å². The highest BCUT2D eigenvalue weighted by Gasteiger charge is 2.45. The number of alkyl halides is 2. The quantitative estimate of drug-likeness (QED) is 0.700. The zero-order chi connectivity index (χ0) is 20.6. The van der Waals surface area contributed by atoms with Gasteiger partial charge < -0.3 is 19.7 Å². The van der Waals surface area contributed by atoms with Gasteiger partial charge in [-0.15, -0.1) is 0 Å². The summed E-state index contributed by atoms with van der Waals surface area (Å²) in [6.07, 6.45) is 2.04. The Bertz CT molecular complexity index is 879. The molecule has 7 nitrogen and oxygen atoms in total. The molecule has 1 N–H and O–H groups in total. The lowest BCUT2D eigenvalue weighted by molar-refractivity contribution is -0.120. The van der Waals surface area contributed by atoms with Gasteiger partial charge in [-0.25, -0.2) is 18.7 Å². The zero-order valence-electron chi connectivity index (χ0n) is 16.4. The van der Waals surface area contributed by atoms with Gasteiger partial charge in [0.05, 0.1) is 32.4 Å². The number of fused-ring (bicyclic) bond motifs is 1. The molecule has 1 aliphatic carbocycles. The number of hydrogen-bond donors (Lipinski definition) is 1. The molecule has 2 aromatic rings. The molecule has 0 unspecified atom stereocenters. The fourth-order valence-corrected chi connectivity index (χ4v) is 4.40. The number of anilines is 1. The average Bonchev–Trinajstić information content (AvgIpc) is 3.00. The van der Waals surface area contributed by atoms with Crippen LogP contribution in [0.15, 0.2) is 12.1 Å². The summed E-state index contributed by atoms with van der Waals surface area (Å²) >= 11 is 1.30. The van der Waals surface area contributed by atoms with Gasteiger partial charge in [-0.05, 0) is 31.7 Å². The van der Waals surface area contributed by atoms with Crippen molar-refractivity contribution >= 4 is 32.7 Å². The molecule has 2 aromatic heterocycles. The Labute approximate surface area is 171 Å². The molecule has 1 saturated carbocycles. The van der Waals surface area contributed by atoms with E-state index in [1.807, 2.05) is 13.0 Å². The van der Waals surface area contributed by atoms with Crippen LogP contribution in [0.5, 0.6) is 5.88 Å². The predicted octanol–water partition coefficient (Wildman–Crippen LogP) is 2.85. The summed E-state index contributed by atoms with van der Waals surface area (Å²) in [7, 11) is 0.